The minimum Gasteiger partial charge on any atom is -0.480 e. The molecule has 0 saturated carbocycles. The molecule has 1 aromatic carbocycles. The summed E-state index contributed by atoms with van der Waals surface area (Å²) in [5.74, 6) is -3.88. The van der Waals surface area contributed by atoms with Gasteiger partial charge in [0.15, 0.2) is 11.5 Å². The van der Waals surface area contributed by atoms with Crippen LogP contribution in [0.2, 0.25) is 0 Å². The van der Waals surface area contributed by atoms with E-state index in [0.717, 1.165) is 0 Å². The van der Waals surface area contributed by atoms with Crippen LogP contribution in [0.5, 0.6) is 11.5 Å². The molecule has 190 valence electrons. The first-order valence-electron chi connectivity index (χ1n) is 11.4. The summed E-state index contributed by atoms with van der Waals surface area (Å²) in [5, 5.41) is 9.61. The lowest BCUT2D eigenvalue weighted by Crippen LogP contribution is -2.42. The molecule has 0 fully saturated rings. The maximum absolute atomic E-state index is 12.4. The molecular formula is C25H37NO8. The summed E-state index contributed by atoms with van der Waals surface area (Å²) in [6, 6.07) is 3.15. The minimum absolute atomic E-state index is 0.00446. The maximum atomic E-state index is 12.4. The fraction of sp³-hybridized carbons (Fsp3) is 0.600. The number of rotatable bonds is 12. The van der Waals surface area contributed by atoms with Gasteiger partial charge in [0, 0.05) is 31.6 Å². The number of carbonyl (C=O) groups excluding carboxylic acids is 3. The number of hydrogen-bond donors (Lipinski definition) is 2. The van der Waals surface area contributed by atoms with Gasteiger partial charge in [0.05, 0.1) is 0 Å². The predicted molar refractivity (Wildman–Crippen MR) is 125 cm³/mol. The van der Waals surface area contributed by atoms with Crippen LogP contribution in [0.4, 0.5) is 0 Å². The van der Waals surface area contributed by atoms with E-state index in [-0.39, 0.29) is 36.2 Å². The van der Waals surface area contributed by atoms with Crippen LogP contribution >= 0.6 is 0 Å². The summed E-state index contributed by atoms with van der Waals surface area (Å²) in [6.07, 6.45) is -0.324. The predicted octanol–water partition coefficient (Wildman–Crippen LogP) is 3.67. The number of ether oxygens (including phenoxy) is 3. The molecule has 4 atom stereocenters. The van der Waals surface area contributed by atoms with Gasteiger partial charge in [-0.25, -0.2) is 0 Å². The normalized spacial score (nSPS) is 14.8. The second-order valence-electron chi connectivity index (χ2n) is 9.41. The number of benzene rings is 1. The van der Waals surface area contributed by atoms with E-state index in [2.05, 4.69) is 0 Å². The van der Waals surface area contributed by atoms with Crippen LogP contribution in [0.25, 0.3) is 0 Å². The third-order valence-electron chi connectivity index (χ3n) is 5.28. The highest BCUT2D eigenvalue weighted by Crippen LogP contribution is 2.37. The van der Waals surface area contributed by atoms with Gasteiger partial charge < -0.3 is 25.1 Å². The first-order chi connectivity index (χ1) is 15.7. The van der Waals surface area contributed by atoms with E-state index in [1.54, 1.807) is 19.9 Å². The topological polar surface area (TPSA) is 142 Å². The number of carboxylic acid groups (broad SMARTS) is 1. The SMILES string of the molecule is CC(=O)OC(C)C(C)C(c1ccc(OC(=O)CC(C)C)c(OC(=O)CC(C)C)c1)[C@H](N)C(=O)O. The van der Waals surface area contributed by atoms with Crippen LogP contribution in [0, 0.1) is 17.8 Å². The molecule has 0 heterocycles. The summed E-state index contributed by atoms with van der Waals surface area (Å²) in [7, 11) is 0. The second kappa shape index (κ2) is 13.1. The summed E-state index contributed by atoms with van der Waals surface area (Å²) in [4.78, 5) is 47.8. The summed E-state index contributed by atoms with van der Waals surface area (Å²) >= 11 is 0. The van der Waals surface area contributed by atoms with Crippen LogP contribution < -0.4 is 15.2 Å². The van der Waals surface area contributed by atoms with Gasteiger partial charge in [-0.05, 0) is 36.5 Å². The van der Waals surface area contributed by atoms with Gasteiger partial charge in [-0.15, -0.1) is 0 Å². The van der Waals surface area contributed by atoms with Crippen molar-refractivity contribution in [2.75, 3.05) is 0 Å². The maximum Gasteiger partial charge on any atom is 0.321 e. The Morgan fingerprint density at radius 1 is 0.882 bits per heavy atom. The summed E-state index contributed by atoms with van der Waals surface area (Å²) in [6.45, 7) is 12.1. The van der Waals surface area contributed by atoms with Crippen molar-refractivity contribution in [3.63, 3.8) is 0 Å². The van der Waals surface area contributed by atoms with Gasteiger partial charge in [0.25, 0.3) is 0 Å². The second-order valence-corrected chi connectivity index (χ2v) is 9.41. The van der Waals surface area contributed by atoms with E-state index >= 15 is 0 Å². The molecule has 0 saturated heterocycles. The zero-order chi connectivity index (χ0) is 26.2. The number of carbonyl (C=O) groups is 4. The lowest BCUT2D eigenvalue weighted by molar-refractivity contribution is -0.148. The summed E-state index contributed by atoms with van der Waals surface area (Å²) in [5.41, 5.74) is 6.46. The Balaban J connectivity index is 3.47. The van der Waals surface area contributed by atoms with Crippen molar-refractivity contribution in [2.45, 2.75) is 79.4 Å². The van der Waals surface area contributed by atoms with Crippen molar-refractivity contribution in [2.24, 2.45) is 23.5 Å². The Bertz CT molecular complexity index is 880. The van der Waals surface area contributed by atoms with Crippen molar-refractivity contribution < 1.29 is 38.5 Å². The first-order valence-corrected chi connectivity index (χ1v) is 11.4. The standard InChI is InChI=1S/C25H37NO8/c1-13(2)10-21(28)33-19-9-8-18(12-20(19)34-22(29)11-14(3)4)23(24(26)25(30)31)15(5)16(6)32-17(7)27/h8-9,12-16,23-24H,10-11,26H2,1-7H3,(H,30,31)/t15?,16?,23?,24-/m0/s1. The van der Waals surface area contributed by atoms with Crippen molar-refractivity contribution in [1.29, 1.82) is 0 Å². The van der Waals surface area contributed by atoms with Crippen LogP contribution in [-0.4, -0.2) is 41.1 Å². The van der Waals surface area contributed by atoms with Crippen LogP contribution in [0.3, 0.4) is 0 Å². The highest BCUT2D eigenvalue weighted by molar-refractivity contribution is 5.77. The van der Waals surface area contributed by atoms with E-state index < -0.39 is 47.9 Å². The molecule has 9 nitrogen and oxygen atoms in total. The van der Waals surface area contributed by atoms with Gasteiger partial charge in [0.2, 0.25) is 0 Å². The van der Waals surface area contributed by atoms with Gasteiger partial charge in [-0.3, -0.25) is 19.2 Å². The molecule has 9 heteroatoms. The van der Waals surface area contributed by atoms with E-state index in [1.165, 1.54) is 19.1 Å². The quantitative estimate of drug-likeness (QED) is 0.339. The molecule has 0 amide bonds. The third kappa shape index (κ3) is 9.13. The number of nitrogens with two attached hydrogens (primary N) is 1. The summed E-state index contributed by atoms with van der Waals surface area (Å²) < 4.78 is 16.2. The number of aliphatic carboxylic acids is 1. The Morgan fingerprint density at radius 2 is 1.38 bits per heavy atom. The smallest absolute Gasteiger partial charge is 0.321 e. The van der Waals surface area contributed by atoms with Crippen LogP contribution in [0.15, 0.2) is 18.2 Å². The largest absolute Gasteiger partial charge is 0.480 e. The fourth-order valence-corrected chi connectivity index (χ4v) is 3.54. The van der Waals surface area contributed by atoms with Crippen molar-refractivity contribution in [1.82, 2.24) is 0 Å². The lowest BCUT2D eigenvalue weighted by Gasteiger charge is -2.31. The average molecular weight is 480 g/mol. The Morgan fingerprint density at radius 3 is 1.82 bits per heavy atom. The molecule has 0 aliphatic rings. The monoisotopic (exact) mass is 479 g/mol. The molecular weight excluding hydrogens is 442 g/mol. The van der Waals surface area contributed by atoms with Gasteiger partial charge in [0.1, 0.15) is 12.1 Å². The molecule has 0 aromatic heterocycles. The zero-order valence-electron chi connectivity index (χ0n) is 21.0. The van der Waals surface area contributed by atoms with E-state index in [1.807, 2.05) is 27.7 Å². The van der Waals surface area contributed by atoms with Gasteiger partial charge in [-0.2, -0.15) is 0 Å². The minimum atomic E-state index is -1.33. The van der Waals surface area contributed by atoms with Crippen LogP contribution in [-0.2, 0) is 23.9 Å². The molecule has 3 N–H and O–H groups in total. The zero-order valence-corrected chi connectivity index (χ0v) is 21.0. The number of carboxylic acids is 1. The molecule has 0 radical (unpaired) electrons. The number of esters is 3. The first kappa shape index (κ1) is 29.1. The van der Waals surface area contributed by atoms with Crippen molar-refractivity contribution in [3.05, 3.63) is 23.8 Å². The Labute approximate surface area is 200 Å². The lowest BCUT2D eigenvalue weighted by atomic mass is 9.79. The van der Waals surface area contributed by atoms with E-state index in [9.17, 15) is 24.3 Å². The van der Waals surface area contributed by atoms with Crippen molar-refractivity contribution >= 4 is 23.9 Å². The fourth-order valence-electron chi connectivity index (χ4n) is 3.54. The molecule has 3 unspecified atom stereocenters. The van der Waals surface area contributed by atoms with E-state index in [4.69, 9.17) is 19.9 Å². The molecule has 0 aliphatic carbocycles. The molecule has 0 spiro atoms. The molecule has 34 heavy (non-hydrogen) atoms. The van der Waals surface area contributed by atoms with Gasteiger partial charge in [-0.1, -0.05) is 40.7 Å². The molecule has 1 aromatic rings. The molecule has 1 rings (SSSR count). The number of hydrogen-bond acceptors (Lipinski definition) is 8. The van der Waals surface area contributed by atoms with Gasteiger partial charge >= 0.3 is 23.9 Å². The highest BCUT2D eigenvalue weighted by atomic mass is 16.6. The van der Waals surface area contributed by atoms with E-state index in [0.29, 0.717) is 5.56 Å². The van der Waals surface area contributed by atoms with Crippen LogP contribution in [0.1, 0.15) is 72.8 Å². The molecule has 0 bridgehead atoms. The Kier molecular flexibility index (Phi) is 11.2. The third-order valence-corrected chi connectivity index (χ3v) is 5.28. The Hall–Kier alpha value is -2.94. The van der Waals surface area contributed by atoms with Crippen molar-refractivity contribution in [3.8, 4) is 11.5 Å². The molecule has 0 aliphatic heterocycles. The highest BCUT2D eigenvalue weighted by Gasteiger charge is 2.35. The average Bonchev–Trinajstić information content (AvgIpc) is 2.67.